The third kappa shape index (κ3) is 5.25. The molecule has 1 aliphatic carbocycles. The summed E-state index contributed by atoms with van der Waals surface area (Å²) in [7, 11) is 1.93. The molecule has 0 aromatic heterocycles. The number of hydrogen-bond donors (Lipinski definition) is 0. The number of halogens is 2. The van der Waals surface area contributed by atoms with Crippen molar-refractivity contribution in [3.05, 3.63) is 29.3 Å². The van der Waals surface area contributed by atoms with Crippen molar-refractivity contribution in [1.82, 2.24) is 9.80 Å². The number of nitrogens with zero attached hydrogens (tertiary/aromatic N) is 2. The second-order valence-corrected chi connectivity index (χ2v) is 7.35. The van der Waals surface area contributed by atoms with E-state index in [0.29, 0.717) is 22.9 Å². The van der Waals surface area contributed by atoms with Crippen LogP contribution in [-0.2, 0) is 4.79 Å². The zero-order valence-corrected chi connectivity index (χ0v) is 16.4. The second kappa shape index (κ2) is 9.65. The van der Waals surface area contributed by atoms with Gasteiger partial charge in [0.1, 0.15) is 5.75 Å². The standard InChI is InChI=1S/C19H27ClN2O2.ClH/c1-21(19(23)14-24-16-8-6-7-15(20)13-16)17-9-2-3-10-18(17)22-11-4-5-12-22;/h6-8,13,17-18H,2-5,9-12,14H2,1H3;1H. The van der Waals surface area contributed by atoms with Gasteiger partial charge in [0.25, 0.3) is 5.91 Å². The first-order valence-corrected chi connectivity index (χ1v) is 9.41. The van der Waals surface area contributed by atoms with Crippen LogP contribution in [-0.4, -0.2) is 54.5 Å². The van der Waals surface area contributed by atoms with E-state index in [-0.39, 0.29) is 24.9 Å². The lowest BCUT2D eigenvalue weighted by molar-refractivity contribution is -0.136. The van der Waals surface area contributed by atoms with E-state index in [1.54, 1.807) is 12.1 Å². The molecular formula is C19H28Cl2N2O2. The lowest BCUT2D eigenvalue weighted by Crippen LogP contribution is -2.53. The molecule has 1 aromatic carbocycles. The normalized spacial score (nSPS) is 23.8. The Balaban J connectivity index is 0.00000225. The first kappa shape index (κ1) is 20.3. The van der Waals surface area contributed by atoms with Gasteiger partial charge in [0.2, 0.25) is 0 Å². The molecule has 0 bridgehead atoms. The number of amides is 1. The van der Waals surface area contributed by atoms with E-state index >= 15 is 0 Å². The molecule has 2 aliphatic rings. The Bertz CT molecular complexity index is 564. The number of carbonyl (C=O) groups excluding carboxylic acids is 1. The highest BCUT2D eigenvalue weighted by atomic mass is 35.5. The van der Waals surface area contributed by atoms with Crippen LogP contribution in [0.15, 0.2) is 24.3 Å². The topological polar surface area (TPSA) is 32.8 Å². The maximum absolute atomic E-state index is 12.6. The fraction of sp³-hybridized carbons (Fsp3) is 0.632. The average Bonchev–Trinajstić information content (AvgIpc) is 3.13. The van der Waals surface area contributed by atoms with Crippen molar-refractivity contribution in [2.24, 2.45) is 0 Å². The predicted molar refractivity (Wildman–Crippen MR) is 104 cm³/mol. The van der Waals surface area contributed by atoms with E-state index in [4.69, 9.17) is 16.3 Å². The van der Waals surface area contributed by atoms with Crippen molar-refractivity contribution >= 4 is 29.9 Å². The maximum atomic E-state index is 12.6. The summed E-state index contributed by atoms with van der Waals surface area (Å²) in [4.78, 5) is 17.1. The van der Waals surface area contributed by atoms with Crippen molar-refractivity contribution in [1.29, 1.82) is 0 Å². The zero-order chi connectivity index (χ0) is 16.9. The molecule has 0 radical (unpaired) electrons. The molecule has 1 heterocycles. The molecule has 2 unspecified atom stereocenters. The van der Waals surface area contributed by atoms with Crippen LogP contribution >= 0.6 is 24.0 Å². The van der Waals surface area contributed by atoms with E-state index < -0.39 is 0 Å². The highest BCUT2D eigenvalue weighted by Crippen LogP contribution is 2.29. The van der Waals surface area contributed by atoms with Crippen molar-refractivity contribution in [3.8, 4) is 5.75 Å². The molecule has 1 amide bonds. The highest BCUT2D eigenvalue weighted by Gasteiger charge is 2.35. The summed E-state index contributed by atoms with van der Waals surface area (Å²) in [6.07, 6.45) is 7.37. The average molecular weight is 387 g/mol. The van der Waals surface area contributed by atoms with Crippen LogP contribution in [0, 0.1) is 0 Å². The second-order valence-electron chi connectivity index (χ2n) is 6.91. The van der Waals surface area contributed by atoms with Crippen LogP contribution in [0.25, 0.3) is 0 Å². The molecule has 4 nitrogen and oxygen atoms in total. The smallest absolute Gasteiger partial charge is 0.260 e. The maximum Gasteiger partial charge on any atom is 0.260 e. The Morgan fingerprint density at radius 2 is 1.96 bits per heavy atom. The van der Waals surface area contributed by atoms with Gasteiger partial charge in [-0.1, -0.05) is 30.5 Å². The Hall–Kier alpha value is -0.970. The molecule has 1 saturated heterocycles. The van der Waals surface area contributed by atoms with Crippen LogP contribution in [0.4, 0.5) is 0 Å². The summed E-state index contributed by atoms with van der Waals surface area (Å²) in [6, 6.07) is 8.02. The van der Waals surface area contributed by atoms with E-state index in [2.05, 4.69) is 4.90 Å². The fourth-order valence-corrected chi connectivity index (χ4v) is 4.21. The Morgan fingerprint density at radius 3 is 2.68 bits per heavy atom. The van der Waals surface area contributed by atoms with Gasteiger partial charge >= 0.3 is 0 Å². The van der Waals surface area contributed by atoms with E-state index in [9.17, 15) is 4.79 Å². The van der Waals surface area contributed by atoms with Crippen LogP contribution in [0.3, 0.4) is 0 Å². The molecule has 1 saturated carbocycles. The molecule has 6 heteroatoms. The number of hydrogen-bond acceptors (Lipinski definition) is 3. The van der Waals surface area contributed by atoms with Gasteiger partial charge in [-0.05, 0) is 57.0 Å². The van der Waals surface area contributed by atoms with Crippen LogP contribution in [0.5, 0.6) is 5.75 Å². The molecular weight excluding hydrogens is 359 g/mol. The Labute approximate surface area is 161 Å². The lowest BCUT2D eigenvalue weighted by atomic mass is 9.88. The van der Waals surface area contributed by atoms with Gasteiger partial charge in [-0.2, -0.15) is 0 Å². The number of carbonyl (C=O) groups is 1. The van der Waals surface area contributed by atoms with Gasteiger partial charge < -0.3 is 9.64 Å². The summed E-state index contributed by atoms with van der Waals surface area (Å²) in [5.41, 5.74) is 0. The van der Waals surface area contributed by atoms with Gasteiger partial charge in [-0.3, -0.25) is 9.69 Å². The number of likely N-dealkylation sites (N-methyl/N-ethyl adjacent to an activating group) is 1. The highest BCUT2D eigenvalue weighted by molar-refractivity contribution is 6.30. The zero-order valence-electron chi connectivity index (χ0n) is 14.8. The molecule has 1 aliphatic heterocycles. The molecule has 1 aromatic rings. The van der Waals surface area contributed by atoms with Gasteiger partial charge in [-0.25, -0.2) is 0 Å². The number of ether oxygens (including phenoxy) is 1. The minimum atomic E-state index is 0. The van der Waals surface area contributed by atoms with Crippen molar-refractivity contribution in [3.63, 3.8) is 0 Å². The summed E-state index contributed by atoms with van der Waals surface area (Å²) in [5.74, 6) is 0.690. The molecule has 2 fully saturated rings. The van der Waals surface area contributed by atoms with Crippen molar-refractivity contribution < 1.29 is 9.53 Å². The SMILES string of the molecule is CN(C(=O)COc1cccc(Cl)c1)C1CCCCC1N1CCCC1.Cl. The summed E-state index contributed by atoms with van der Waals surface area (Å²) >= 11 is 5.96. The first-order valence-electron chi connectivity index (χ1n) is 9.03. The third-order valence-electron chi connectivity index (χ3n) is 5.35. The van der Waals surface area contributed by atoms with E-state index in [1.807, 2.05) is 24.1 Å². The molecule has 2 atom stereocenters. The Kier molecular flexibility index (Phi) is 7.85. The van der Waals surface area contributed by atoms with Gasteiger partial charge in [0.05, 0.1) is 0 Å². The van der Waals surface area contributed by atoms with Gasteiger partial charge in [-0.15, -0.1) is 12.4 Å². The minimum Gasteiger partial charge on any atom is -0.484 e. The summed E-state index contributed by atoms with van der Waals surface area (Å²) in [5, 5.41) is 0.620. The first-order chi connectivity index (χ1) is 11.6. The van der Waals surface area contributed by atoms with Crippen molar-refractivity contribution in [2.45, 2.75) is 50.6 Å². The molecule has 0 spiro atoms. The number of benzene rings is 1. The largest absolute Gasteiger partial charge is 0.484 e. The lowest BCUT2D eigenvalue weighted by Gasteiger charge is -2.42. The third-order valence-corrected chi connectivity index (χ3v) is 5.59. The van der Waals surface area contributed by atoms with E-state index in [0.717, 1.165) is 6.42 Å². The minimum absolute atomic E-state index is 0. The molecule has 140 valence electrons. The van der Waals surface area contributed by atoms with Gasteiger partial charge in [0, 0.05) is 24.2 Å². The van der Waals surface area contributed by atoms with Crippen LogP contribution < -0.4 is 4.74 Å². The quantitative estimate of drug-likeness (QED) is 0.766. The van der Waals surface area contributed by atoms with Crippen molar-refractivity contribution in [2.75, 3.05) is 26.7 Å². The number of likely N-dealkylation sites (tertiary alicyclic amines) is 1. The molecule has 3 rings (SSSR count). The summed E-state index contributed by atoms with van der Waals surface area (Å²) in [6.45, 7) is 2.44. The summed E-state index contributed by atoms with van der Waals surface area (Å²) < 4.78 is 5.63. The predicted octanol–water partition coefficient (Wildman–Crippen LogP) is 4.01. The molecule has 25 heavy (non-hydrogen) atoms. The Morgan fingerprint density at radius 1 is 1.24 bits per heavy atom. The van der Waals surface area contributed by atoms with Gasteiger partial charge in [0.15, 0.2) is 6.61 Å². The number of rotatable bonds is 5. The van der Waals surface area contributed by atoms with Crippen LogP contribution in [0.1, 0.15) is 38.5 Å². The van der Waals surface area contributed by atoms with Crippen LogP contribution in [0.2, 0.25) is 5.02 Å². The monoisotopic (exact) mass is 386 g/mol. The van der Waals surface area contributed by atoms with E-state index in [1.165, 1.54) is 45.2 Å². The fourth-order valence-electron chi connectivity index (χ4n) is 4.03. The molecule has 0 N–H and O–H groups in total.